The van der Waals surface area contributed by atoms with Crippen LogP contribution in [0.2, 0.25) is 0 Å². The molecular weight excluding hydrogens is 416 g/mol. The largest absolute Gasteiger partial charge is 0.504 e. The quantitative estimate of drug-likeness (QED) is 0.409. The van der Waals surface area contributed by atoms with Crippen LogP contribution in [0.3, 0.4) is 0 Å². The minimum atomic E-state index is -3.71. The van der Waals surface area contributed by atoms with Gasteiger partial charge in [-0.05, 0) is 53.9 Å². The summed E-state index contributed by atoms with van der Waals surface area (Å²) >= 11 is 0. The molecule has 31 heavy (non-hydrogen) atoms. The third-order valence-corrected chi connectivity index (χ3v) is 6.09. The third kappa shape index (κ3) is 5.68. The van der Waals surface area contributed by atoms with Gasteiger partial charge in [0.05, 0.1) is 17.7 Å². The topological polar surface area (TPSA) is 96.9 Å². The lowest BCUT2D eigenvalue weighted by Gasteiger charge is -2.12. The summed E-state index contributed by atoms with van der Waals surface area (Å²) in [5, 5.41) is 10.1. The number of para-hydroxylation sites is 1. The molecule has 3 aromatic rings. The van der Waals surface area contributed by atoms with Crippen molar-refractivity contribution in [3.8, 4) is 11.5 Å². The predicted octanol–water partition coefficient (Wildman–Crippen LogP) is 4.87. The van der Waals surface area contributed by atoms with Crippen LogP contribution in [0, 0.1) is 0 Å². The van der Waals surface area contributed by atoms with Crippen LogP contribution in [0.5, 0.6) is 11.5 Å². The van der Waals surface area contributed by atoms with Crippen molar-refractivity contribution in [1.29, 1.82) is 0 Å². The molecule has 0 spiro atoms. The van der Waals surface area contributed by atoms with Crippen LogP contribution in [-0.4, -0.2) is 20.6 Å². The van der Waals surface area contributed by atoms with E-state index in [-0.39, 0.29) is 17.3 Å². The molecule has 0 saturated heterocycles. The fourth-order valence-corrected chi connectivity index (χ4v) is 3.97. The number of rotatable bonds is 9. The average molecular weight is 443 g/mol. The molecule has 0 aromatic heterocycles. The standard InChI is InChI=1S/C23H26N2O5S/c1-16(2)17-6-4-8-20(14-17)25-31(27,28)21-12-10-19(11-13-21)24-30-15-18-7-5-9-22(29-3)23(18)26/h4-14,16,24-26H,15H2,1-3H3. The number of aromatic hydroxyl groups is 1. The van der Waals surface area contributed by atoms with E-state index in [2.05, 4.69) is 24.0 Å². The van der Waals surface area contributed by atoms with E-state index in [4.69, 9.17) is 9.57 Å². The van der Waals surface area contributed by atoms with Gasteiger partial charge < -0.3 is 9.84 Å². The van der Waals surface area contributed by atoms with Gasteiger partial charge in [-0.2, -0.15) is 0 Å². The van der Waals surface area contributed by atoms with E-state index >= 15 is 0 Å². The maximum Gasteiger partial charge on any atom is 0.261 e. The Hall–Kier alpha value is -3.23. The monoisotopic (exact) mass is 442 g/mol. The second-order valence-corrected chi connectivity index (χ2v) is 8.95. The number of methoxy groups -OCH3 is 1. The molecule has 0 heterocycles. The zero-order chi connectivity index (χ0) is 22.4. The minimum Gasteiger partial charge on any atom is -0.504 e. The van der Waals surface area contributed by atoms with Crippen LogP contribution in [-0.2, 0) is 21.5 Å². The first-order chi connectivity index (χ1) is 14.8. The molecule has 3 N–H and O–H groups in total. The maximum absolute atomic E-state index is 12.7. The lowest BCUT2D eigenvalue weighted by atomic mass is 10.0. The van der Waals surface area contributed by atoms with Crippen molar-refractivity contribution in [2.75, 3.05) is 17.3 Å². The lowest BCUT2D eigenvalue weighted by Crippen LogP contribution is -2.13. The van der Waals surface area contributed by atoms with Gasteiger partial charge in [-0.15, -0.1) is 0 Å². The normalized spacial score (nSPS) is 11.4. The summed E-state index contributed by atoms with van der Waals surface area (Å²) in [5.74, 6) is 0.677. The van der Waals surface area contributed by atoms with Crippen LogP contribution in [0.25, 0.3) is 0 Å². The van der Waals surface area contributed by atoms with E-state index < -0.39 is 10.0 Å². The summed E-state index contributed by atoms with van der Waals surface area (Å²) < 4.78 is 33.1. The molecule has 7 nitrogen and oxygen atoms in total. The van der Waals surface area contributed by atoms with Crippen LogP contribution in [0.1, 0.15) is 30.9 Å². The van der Waals surface area contributed by atoms with Crippen molar-refractivity contribution in [3.05, 3.63) is 77.9 Å². The zero-order valence-corrected chi connectivity index (χ0v) is 18.4. The van der Waals surface area contributed by atoms with Gasteiger partial charge in [0.15, 0.2) is 11.5 Å². The summed E-state index contributed by atoms with van der Waals surface area (Å²) in [7, 11) is -2.24. The molecule has 3 aromatic carbocycles. The van der Waals surface area contributed by atoms with E-state index in [9.17, 15) is 13.5 Å². The number of phenols is 1. The number of phenolic OH excluding ortho intramolecular Hbond substituents is 1. The van der Waals surface area contributed by atoms with Gasteiger partial charge in [-0.1, -0.05) is 38.1 Å². The van der Waals surface area contributed by atoms with Gasteiger partial charge in [0.1, 0.15) is 6.61 Å². The number of benzene rings is 3. The van der Waals surface area contributed by atoms with Crippen LogP contribution < -0.4 is 14.9 Å². The summed E-state index contributed by atoms with van der Waals surface area (Å²) in [5.41, 5.74) is 5.44. The highest BCUT2D eigenvalue weighted by molar-refractivity contribution is 7.92. The summed E-state index contributed by atoms with van der Waals surface area (Å²) in [6, 6.07) is 18.7. The molecule has 0 unspecified atom stereocenters. The Morgan fingerprint density at radius 1 is 0.968 bits per heavy atom. The Kier molecular flexibility index (Phi) is 7.04. The van der Waals surface area contributed by atoms with Crippen molar-refractivity contribution in [1.82, 2.24) is 0 Å². The molecule has 0 amide bonds. The fourth-order valence-electron chi connectivity index (χ4n) is 2.92. The number of hydrogen-bond donors (Lipinski definition) is 3. The Labute approximate surface area is 182 Å². The van der Waals surface area contributed by atoms with E-state index in [1.165, 1.54) is 19.2 Å². The summed E-state index contributed by atoms with van der Waals surface area (Å²) in [6.45, 7) is 4.20. The SMILES string of the molecule is COc1cccc(CONc2ccc(S(=O)(=O)Nc3cccc(C(C)C)c3)cc2)c1O. The third-order valence-electron chi connectivity index (χ3n) is 4.69. The van der Waals surface area contributed by atoms with Crippen LogP contribution in [0.4, 0.5) is 11.4 Å². The lowest BCUT2D eigenvalue weighted by molar-refractivity contribution is 0.177. The second kappa shape index (κ2) is 9.72. The molecule has 0 aliphatic heterocycles. The molecule has 0 aliphatic carbocycles. The van der Waals surface area contributed by atoms with Crippen molar-refractivity contribution >= 4 is 21.4 Å². The number of hydrogen-bond acceptors (Lipinski definition) is 6. The highest BCUT2D eigenvalue weighted by Crippen LogP contribution is 2.30. The first kappa shape index (κ1) is 22.5. The molecule has 3 rings (SSSR count). The van der Waals surface area contributed by atoms with Crippen molar-refractivity contribution in [2.45, 2.75) is 31.3 Å². The molecule has 8 heteroatoms. The average Bonchev–Trinajstić information content (AvgIpc) is 2.75. The minimum absolute atomic E-state index is 0.0147. The Morgan fingerprint density at radius 3 is 2.35 bits per heavy atom. The van der Waals surface area contributed by atoms with E-state index in [1.54, 1.807) is 36.4 Å². The first-order valence-electron chi connectivity index (χ1n) is 9.75. The molecule has 0 bridgehead atoms. The fraction of sp³-hybridized carbons (Fsp3) is 0.217. The first-order valence-corrected chi connectivity index (χ1v) is 11.2. The maximum atomic E-state index is 12.7. The molecule has 0 radical (unpaired) electrons. The van der Waals surface area contributed by atoms with E-state index in [0.717, 1.165) is 5.56 Å². The van der Waals surface area contributed by atoms with Gasteiger partial charge in [-0.3, -0.25) is 15.0 Å². The molecule has 0 saturated carbocycles. The molecular formula is C23H26N2O5S. The van der Waals surface area contributed by atoms with Gasteiger partial charge in [0, 0.05) is 11.3 Å². The second-order valence-electron chi connectivity index (χ2n) is 7.27. The number of ether oxygens (including phenoxy) is 1. The Bertz CT molecular complexity index is 1130. The molecule has 0 aliphatic rings. The zero-order valence-electron chi connectivity index (χ0n) is 17.6. The van der Waals surface area contributed by atoms with Crippen LogP contribution >= 0.6 is 0 Å². The Balaban J connectivity index is 1.62. The van der Waals surface area contributed by atoms with Gasteiger partial charge >= 0.3 is 0 Å². The molecule has 0 atom stereocenters. The van der Waals surface area contributed by atoms with Gasteiger partial charge in [-0.25, -0.2) is 8.42 Å². The molecule has 0 fully saturated rings. The smallest absolute Gasteiger partial charge is 0.261 e. The van der Waals surface area contributed by atoms with Crippen molar-refractivity contribution < 1.29 is 23.1 Å². The predicted molar refractivity (Wildman–Crippen MR) is 121 cm³/mol. The van der Waals surface area contributed by atoms with Crippen molar-refractivity contribution in [3.63, 3.8) is 0 Å². The molecule has 164 valence electrons. The summed E-state index contributed by atoms with van der Waals surface area (Å²) in [6.07, 6.45) is 0. The highest BCUT2D eigenvalue weighted by Gasteiger charge is 2.15. The highest BCUT2D eigenvalue weighted by atomic mass is 32.2. The van der Waals surface area contributed by atoms with Crippen LogP contribution in [0.15, 0.2) is 71.6 Å². The van der Waals surface area contributed by atoms with E-state index in [1.807, 2.05) is 18.2 Å². The number of sulfonamides is 1. The Morgan fingerprint density at radius 2 is 1.68 bits per heavy atom. The number of nitrogens with one attached hydrogen (secondary N) is 2. The van der Waals surface area contributed by atoms with Gasteiger partial charge in [0.2, 0.25) is 0 Å². The number of anilines is 2. The summed E-state index contributed by atoms with van der Waals surface area (Å²) in [4.78, 5) is 5.55. The van der Waals surface area contributed by atoms with Crippen molar-refractivity contribution in [2.24, 2.45) is 0 Å². The van der Waals surface area contributed by atoms with Gasteiger partial charge in [0.25, 0.3) is 10.0 Å². The van der Waals surface area contributed by atoms with E-state index in [0.29, 0.717) is 28.6 Å².